The average molecular weight is 251 g/mol. The van der Waals surface area contributed by atoms with Gasteiger partial charge in [0.2, 0.25) is 5.89 Å². The van der Waals surface area contributed by atoms with Crippen LogP contribution in [-0.2, 0) is 17.8 Å². The van der Waals surface area contributed by atoms with E-state index in [-0.39, 0.29) is 12.0 Å². The van der Waals surface area contributed by atoms with Crippen molar-refractivity contribution in [3.8, 4) is 0 Å². The fourth-order valence-corrected chi connectivity index (χ4v) is 3.27. The molecule has 18 heavy (non-hydrogen) atoms. The zero-order valence-electron chi connectivity index (χ0n) is 10.4. The van der Waals surface area contributed by atoms with E-state index in [1.165, 1.54) is 0 Å². The van der Waals surface area contributed by atoms with Gasteiger partial charge in [0.15, 0.2) is 5.82 Å². The summed E-state index contributed by atoms with van der Waals surface area (Å²) in [6.45, 7) is 2.57. The smallest absolute Gasteiger partial charge is 0.308 e. The van der Waals surface area contributed by atoms with Gasteiger partial charge in [-0.05, 0) is 19.3 Å². The maximum atomic E-state index is 11.2. The molecule has 6 nitrogen and oxygen atoms in total. The second-order valence-corrected chi connectivity index (χ2v) is 5.11. The van der Waals surface area contributed by atoms with E-state index < -0.39 is 5.97 Å². The van der Waals surface area contributed by atoms with Gasteiger partial charge in [0.05, 0.1) is 12.5 Å². The zero-order chi connectivity index (χ0) is 12.7. The van der Waals surface area contributed by atoms with Crippen LogP contribution >= 0.6 is 0 Å². The van der Waals surface area contributed by atoms with Crippen molar-refractivity contribution in [2.24, 2.45) is 5.92 Å². The molecule has 0 saturated carbocycles. The van der Waals surface area contributed by atoms with E-state index >= 15 is 0 Å². The maximum absolute atomic E-state index is 11.2. The third kappa shape index (κ3) is 1.80. The van der Waals surface area contributed by atoms with Crippen LogP contribution in [-0.4, -0.2) is 38.2 Å². The van der Waals surface area contributed by atoms with Crippen molar-refractivity contribution in [3.05, 3.63) is 11.7 Å². The Hall–Kier alpha value is -1.43. The molecule has 3 heterocycles. The van der Waals surface area contributed by atoms with Gasteiger partial charge in [-0.25, -0.2) is 0 Å². The minimum Gasteiger partial charge on any atom is -0.481 e. The van der Waals surface area contributed by atoms with Crippen molar-refractivity contribution in [2.75, 3.05) is 0 Å². The fraction of sp³-hybridized carbons (Fsp3) is 0.750. The molecule has 3 rings (SSSR count). The van der Waals surface area contributed by atoms with Crippen molar-refractivity contribution < 1.29 is 14.4 Å². The van der Waals surface area contributed by atoms with Crippen molar-refractivity contribution in [1.82, 2.24) is 15.0 Å². The second kappa shape index (κ2) is 4.35. The molecule has 2 fully saturated rings. The number of aryl methyl sites for hydroxylation is 1. The maximum Gasteiger partial charge on any atom is 0.308 e. The van der Waals surface area contributed by atoms with Gasteiger partial charge >= 0.3 is 5.97 Å². The van der Waals surface area contributed by atoms with E-state index in [0.717, 1.165) is 25.7 Å². The van der Waals surface area contributed by atoms with Crippen molar-refractivity contribution >= 4 is 5.97 Å². The number of nitrogens with zero attached hydrogens (tertiary/aromatic N) is 3. The summed E-state index contributed by atoms with van der Waals surface area (Å²) in [5.41, 5.74) is 0. The third-order valence-electron chi connectivity index (χ3n) is 4.14. The monoisotopic (exact) mass is 251 g/mol. The molecule has 1 N–H and O–H groups in total. The molecule has 2 aliphatic heterocycles. The van der Waals surface area contributed by atoms with Crippen LogP contribution in [0.5, 0.6) is 0 Å². The predicted octanol–water partition coefficient (Wildman–Crippen LogP) is 1.07. The first-order valence-corrected chi connectivity index (χ1v) is 6.49. The molecule has 2 saturated heterocycles. The first-order chi connectivity index (χ1) is 8.69. The highest BCUT2D eigenvalue weighted by Gasteiger charge is 2.49. The Labute approximate surface area is 105 Å². The quantitative estimate of drug-likeness (QED) is 0.862. The van der Waals surface area contributed by atoms with E-state index in [0.29, 0.717) is 24.3 Å². The highest BCUT2D eigenvalue weighted by Crippen LogP contribution is 2.42. The number of carbonyl (C=O) groups is 1. The molecule has 98 valence electrons. The molecular weight excluding hydrogens is 234 g/mol. The van der Waals surface area contributed by atoms with E-state index in [4.69, 9.17) is 4.52 Å². The Morgan fingerprint density at radius 1 is 1.56 bits per heavy atom. The average Bonchev–Trinajstić information content (AvgIpc) is 3.05. The number of hydrogen-bond acceptors (Lipinski definition) is 5. The van der Waals surface area contributed by atoms with Gasteiger partial charge in [0.1, 0.15) is 0 Å². The first-order valence-electron chi connectivity index (χ1n) is 6.49. The van der Waals surface area contributed by atoms with Crippen molar-refractivity contribution in [1.29, 1.82) is 0 Å². The molecule has 2 bridgehead atoms. The molecule has 1 aromatic rings. The third-order valence-corrected chi connectivity index (χ3v) is 4.14. The van der Waals surface area contributed by atoms with Crippen molar-refractivity contribution in [2.45, 2.75) is 51.2 Å². The van der Waals surface area contributed by atoms with E-state index in [1.54, 1.807) is 0 Å². The Kier molecular flexibility index (Phi) is 2.81. The van der Waals surface area contributed by atoms with Crippen LogP contribution in [0.3, 0.4) is 0 Å². The first kappa shape index (κ1) is 11.6. The molecule has 3 unspecified atom stereocenters. The molecule has 0 aliphatic carbocycles. The number of carboxylic acid groups (broad SMARTS) is 1. The number of fused-ring (bicyclic) bond motifs is 2. The lowest BCUT2D eigenvalue weighted by Crippen LogP contribution is -2.32. The number of aromatic nitrogens is 2. The summed E-state index contributed by atoms with van der Waals surface area (Å²) >= 11 is 0. The minimum absolute atomic E-state index is 0.143. The van der Waals surface area contributed by atoms with Gasteiger partial charge < -0.3 is 9.63 Å². The topological polar surface area (TPSA) is 79.5 Å². The van der Waals surface area contributed by atoms with Gasteiger partial charge in [-0.15, -0.1) is 0 Å². The SMILES string of the molecule is CCc1noc(CN2C3CCC2C(C(=O)O)C3)n1. The summed E-state index contributed by atoms with van der Waals surface area (Å²) in [6.07, 6.45) is 3.57. The van der Waals surface area contributed by atoms with Crippen LogP contribution in [0.15, 0.2) is 4.52 Å². The van der Waals surface area contributed by atoms with Crippen LogP contribution in [0.25, 0.3) is 0 Å². The van der Waals surface area contributed by atoms with Gasteiger partial charge in [0, 0.05) is 18.5 Å². The largest absolute Gasteiger partial charge is 0.481 e. The molecule has 0 amide bonds. The van der Waals surface area contributed by atoms with Crippen LogP contribution in [0, 0.1) is 5.92 Å². The standard InChI is InChI=1S/C12H17N3O3/c1-2-10-13-11(18-14-10)6-15-7-3-4-9(15)8(5-7)12(16)17/h7-9H,2-6H2,1H3,(H,16,17). The molecule has 0 aromatic carbocycles. The number of carboxylic acids is 1. The molecular formula is C12H17N3O3. The van der Waals surface area contributed by atoms with Crippen LogP contribution in [0.4, 0.5) is 0 Å². The summed E-state index contributed by atoms with van der Waals surface area (Å²) in [7, 11) is 0. The highest BCUT2D eigenvalue weighted by atomic mass is 16.5. The molecule has 6 heteroatoms. The Morgan fingerprint density at radius 2 is 2.39 bits per heavy atom. The summed E-state index contributed by atoms with van der Waals surface area (Å²) in [6, 6.07) is 0.512. The van der Waals surface area contributed by atoms with E-state index in [9.17, 15) is 9.90 Å². The lowest BCUT2D eigenvalue weighted by Gasteiger charge is -2.20. The highest BCUT2D eigenvalue weighted by molar-refractivity contribution is 5.71. The second-order valence-electron chi connectivity index (χ2n) is 5.11. The Morgan fingerprint density at radius 3 is 3.00 bits per heavy atom. The summed E-state index contributed by atoms with van der Waals surface area (Å²) in [4.78, 5) is 17.7. The molecule has 1 aromatic heterocycles. The van der Waals surface area contributed by atoms with Crippen LogP contribution < -0.4 is 0 Å². The number of hydrogen-bond donors (Lipinski definition) is 1. The Bertz CT molecular complexity index is 459. The number of aliphatic carboxylic acids is 1. The molecule has 0 spiro atoms. The fourth-order valence-electron chi connectivity index (χ4n) is 3.27. The zero-order valence-corrected chi connectivity index (χ0v) is 10.4. The predicted molar refractivity (Wildman–Crippen MR) is 61.8 cm³/mol. The normalized spacial score (nSPS) is 31.1. The van der Waals surface area contributed by atoms with Gasteiger partial charge in [0.25, 0.3) is 0 Å². The van der Waals surface area contributed by atoms with Crippen molar-refractivity contribution in [3.63, 3.8) is 0 Å². The van der Waals surface area contributed by atoms with Gasteiger partial charge in [-0.1, -0.05) is 12.1 Å². The van der Waals surface area contributed by atoms with Crippen LogP contribution in [0.1, 0.15) is 37.9 Å². The molecule has 3 atom stereocenters. The molecule has 2 aliphatic rings. The summed E-state index contributed by atoms with van der Waals surface area (Å²) in [5.74, 6) is 0.422. The summed E-state index contributed by atoms with van der Waals surface area (Å²) in [5, 5.41) is 13.1. The summed E-state index contributed by atoms with van der Waals surface area (Å²) < 4.78 is 5.19. The Balaban J connectivity index is 1.72. The van der Waals surface area contributed by atoms with E-state index in [1.807, 2.05) is 6.92 Å². The van der Waals surface area contributed by atoms with E-state index in [2.05, 4.69) is 15.0 Å². The lowest BCUT2D eigenvalue weighted by molar-refractivity contribution is -0.142. The minimum atomic E-state index is -0.674. The molecule has 0 radical (unpaired) electrons. The van der Waals surface area contributed by atoms with Crippen LogP contribution in [0.2, 0.25) is 0 Å². The van der Waals surface area contributed by atoms with Gasteiger partial charge in [-0.3, -0.25) is 9.69 Å². The van der Waals surface area contributed by atoms with Gasteiger partial charge in [-0.2, -0.15) is 4.98 Å². The lowest BCUT2D eigenvalue weighted by atomic mass is 9.89. The number of rotatable bonds is 4.